The lowest BCUT2D eigenvalue weighted by Crippen LogP contribution is -2.51. The Bertz CT molecular complexity index is 815. The van der Waals surface area contributed by atoms with Gasteiger partial charge in [0.1, 0.15) is 11.3 Å². The van der Waals surface area contributed by atoms with Crippen molar-refractivity contribution in [1.29, 1.82) is 0 Å². The highest BCUT2D eigenvalue weighted by molar-refractivity contribution is 5.91. The van der Waals surface area contributed by atoms with Crippen molar-refractivity contribution in [2.24, 2.45) is 29.1 Å². The molecule has 1 heterocycles. The molecule has 4 aliphatic carbocycles. The molecule has 5 rings (SSSR count). The second-order valence-electron chi connectivity index (χ2n) is 10.0. The zero-order valence-electron chi connectivity index (χ0n) is 17.2. The second-order valence-corrected chi connectivity index (χ2v) is 10.0. The first-order chi connectivity index (χ1) is 13.5. The number of allylic oxidation sites excluding steroid dienone is 1. The number of nitrogens with zero attached hydrogens (tertiary/aromatic N) is 3. The fourth-order valence-electron chi connectivity index (χ4n) is 7.44. The Kier molecular flexibility index (Phi) is 4.31. The summed E-state index contributed by atoms with van der Waals surface area (Å²) in [6.07, 6.45) is 13.1. The van der Waals surface area contributed by atoms with Gasteiger partial charge in [-0.15, -0.1) is 5.10 Å². The first kappa shape index (κ1) is 18.5. The van der Waals surface area contributed by atoms with E-state index in [1.54, 1.807) is 0 Å². The third-order valence-corrected chi connectivity index (χ3v) is 8.87. The van der Waals surface area contributed by atoms with Crippen LogP contribution in [0.1, 0.15) is 77.3 Å². The number of ketones is 1. The summed E-state index contributed by atoms with van der Waals surface area (Å²) in [6, 6.07) is 0. The van der Waals surface area contributed by atoms with Crippen LogP contribution in [0.3, 0.4) is 0 Å². The zero-order chi connectivity index (χ0) is 19.5. The number of aryl methyl sites for hydroxylation is 1. The van der Waals surface area contributed by atoms with Gasteiger partial charge in [-0.3, -0.25) is 9.48 Å². The first-order valence-electron chi connectivity index (χ1n) is 11.3. The summed E-state index contributed by atoms with van der Waals surface area (Å²) in [5.41, 5.74) is 1.24. The molecule has 1 N–H and O–H groups in total. The zero-order valence-corrected chi connectivity index (χ0v) is 17.2. The van der Waals surface area contributed by atoms with Crippen molar-refractivity contribution in [3.05, 3.63) is 23.5 Å². The molecule has 0 saturated heterocycles. The molecule has 152 valence electrons. The molecule has 4 aliphatic rings. The van der Waals surface area contributed by atoms with E-state index >= 15 is 0 Å². The average Bonchev–Trinajstić information content (AvgIpc) is 3.25. The lowest BCUT2D eigenvalue weighted by atomic mass is 9.50. The molecule has 0 aliphatic heterocycles. The van der Waals surface area contributed by atoms with Gasteiger partial charge in [0.05, 0.1) is 6.20 Å². The van der Waals surface area contributed by atoms with Gasteiger partial charge < -0.3 is 5.11 Å². The maximum atomic E-state index is 11.9. The Labute approximate surface area is 167 Å². The number of carbonyl (C=O) groups excluding carboxylic acids is 1. The van der Waals surface area contributed by atoms with E-state index in [2.05, 4.69) is 24.2 Å². The predicted molar refractivity (Wildman–Crippen MR) is 106 cm³/mol. The van der Waals surface area contributed by atoms with Crippen molar-refractivity contribution in [2.75, 3.05) is 0 Å². The number of hydrogen-bond donors (Lipinski definition) is 1. The lowest BCUT2D eigenvalue weighted by Gasteiger charge is -2.55. The fraction of sp³-hybridized carbons (Fsp3) is 0.783. The predicted octanol–water partition coefficient (Wildman–Crippen LogP) is 4.02. The summed E-state index contributed by atoms with van der Waals surface area (Å²) in [4.78, 5) is 11.9. The van der Waals surface area contributed by atoms with Crippen LogP contribution in [-0.4, -0.2) is 25.9 Å². The van der Waals surface area contributed by atoms with Crippen LogP contribution in [0.5, 0.6) is 0 Å². The molecular formula is C23H33N3O2. The monoisotopic (exact) mass is 383 g/mol. The van der Waals surface area contributed by atoms with E-state index in [-0.39, 0.29) is 5.41 Å². The molecule has 6 atom stereocenters. The average molecular weight is 384 g/mol. The Balaban J connectivity index is 1.44. The summed E-state index contributed by atoms with van der Waals surface area (Å²) in [6.45, 7) is 5.30. The molecule has 0 amide bonds. The van der Waals surface area contributed by atoms with E-state index in [4.69, 9.17) is 0 Å². The first-order valence-corrected chi connectivity index (χ1v) is 11.3. The summed E-state index contributed by atoms with van der Waals surface area (Å²) in [5, 5.41) is 20.6. The topological polar surface area (TPSA) is 68.0 Å². The van der Waals surface area contributed by atoms with Gasteiger partial charge in [0, 0.05) is 18.4 Å². The molecule has 1 aromatic heterocycles. The van der Waals surface area contributed by atoms with E-state index in [9.17, 15) is 9.90 Å². The smallest absolute Gasteiger partial charge is 0.155 e. The minimum atomic E-state index is -0.854. The minimum absolute atomic E-state index is 0.118. The van der Waals surface area contributed by atoms with E-state index in [1.165, 1.54) is 18.4 Å². The molecule has 0 bridgehead atoms. The van der Waals surface area contributed by atoms with E-state index in [0.717, 1.165) is 57.2 Å². The molecule has 3 fully saturated rings. The molecule has 3 saturated carbocycles. The van der Waals surface area contributed by atoms with E-state index < -0.39 is 5.60 Å². The van der Waals surface area contributed by atoms with Crippen molar-refractivity contribution in [2.45, 2.75) is 83.8 Å². The van der Waals surface area contributed by atoms with Gasteiger partial charge in [-0.2, -0.15) is 0 Å². The number of aliphatic hydroxyl groups is 1. The van der Waals surface area contributed by atoms with Crippen LogP contribution in [0.25, 0.3) is 0 Å². The molecule has 0 aromatic carbocycles. The number of carbonyl (C=O) groups is 1. The fourth-order valence-corrected chi connectivity index (χ4v) is 7.44. The molecule has 28 heavy (non-hydrogen) atoms. The van der Waals surface area contributed by atoms with E-state index in [1.807, 2.05) is 17.0 Å². The van der Waals surface area contributed by atoms with Crippen LogP contribution >= 0.6 is 0 Å². The second kappa shape index (κ2) is 6.51. The summed E-state index contributed by atoms with van der Waals surface area (Å²) in [5.74, 6) is 2.86. The van der Waals surface area contributed by atoms with Gasteiger partial charge in [-0.05, 0) is 81.1 Å². The van der Waals surface area contributed by atoms with Crippen LogP contribution in [0.15, 0.2) is 17.8 Å². The van der Waals surface area contributed by atoms with Crippen LogP contribution in [0.4, 0.5) is 0 Å². The number of hydrogen-bond acceptors (Lipinski definition) is 4. The van der Waals surface area contributed by atoms with Crippen molar-refractivity contribution in [1.82, 2.24) is 15.0 Å². The third kappa shape index (κ3) is 2.51. The lowest BCUT2D eigenvalue weighted by molar-refractivity contribution is -0.126. The Morgan fingerprint density at radius 1 is 1.18 bits per heavy atom. The molecule has 5 nitrogen and oxygen atoms in total. The SMILES string of the molecule is CCCn1cc([C@]2(O)CCC3C4CCC5=CC(=O)CC[C@@H]5C4CC[C@@]32C)nn1. The van der Waals surface area contributed by atoms with Crippen LogP contribution < -0.4 is 0 Å². The van der Waals surface area contributed by atoms with Gasteiger partial charge >= 0.3 is 0 Å². The third-order valence-electron chi connectivity index (χ3n) is 8.87. The molecule has 0 radical (unpaired) electrons. The number of rotatable bonds is 3. The molecular weight excluding hydrogens is 350 g/mol. The van der Waals surface area contributed by atoms with Gasteiger partial charge in [0.25, 0.3) is 0 Å². The van der Waals surface area contributed by atoms with Gasteiger partial charge in [0.15, 0.2) is 5.78 Å². The quantitative estimate of drug-likeness (QED) is 0.856. The van der Waals surface area contributed by atoms with Gasteiger partial charge in [-0.1, -0.05) is 24.6 Å². The molecule has 5 heteroatoms. The number of aromatic nitrogens is 3. The normalized spacial score (nSPS) is 42.5. The summed E-state index contributed by atoms with van der Waals surface area (Å²) >= 11 is 0. The molecule has 1 aromatic rings. The molecule has 3 unspecified atom stereocenters. The minimum Gasteiger partial charge on any atom is -0.383 e. The van der Waals surface area contributed by atoms with Crippen LogP contribution in [0, 0.1) is 29.1 Å². The Hall–Kier alpha value is -1.49. The maximum Gasteiger partial charge on any atom is 0.155 e. The highest BCUT2D eigenvalue weighted by Gasteiger charge is 2.63. The highest BCUT2D eigenvalue weighted by Crippen LogP contribution is 2.67. The largest absolute Gasteiger partial charge is 0.383 e. The van der Waals surface area contributed by atoms with Crippen molar-refractivity contribution < 1.29 is 9.90 Å². The van der Waals surface area contributed by atoms with Gasteiger partial charge in [0.2, 0.25) is 0 Å². The van der Waals surface area contributed by atoms with Crippen molar-refractivity contribution in [3.63, 3.8) is 0 Å². The van der Waals surface area contributed by atoms with Gasteiger partial charge in [-0.25, -0.2) is 0 Å². The Morgan fingerprint density at radius 2 is 2.04 bits per heavy atom. The van der Waals surface area contributed by atoms with Crippen LogP contribution in [0.2, 0.25) is 0 Å². The summed E-state index contributed by atoms with van der Waals surface area (Å²) < 4.78 is 1.88. The van der Waals surface area contributed by atoms with Crippen LogP contribution in [-0.2, 0) is 16.9 Å². The van der Waals surface area contributed by atoms with E-state index in [0.29, 0.717) is 29.5 Å². The number of fused-ring (bicyclic) bond motifs is 5. The maximum absolute atomic E-state index is 11.9. The summed E-state index contributed by atoms with van der Waals surface area (Å²) in [7, 11) is 0. The highest BCUT2D eigenvalue weighted by atomic mass is 16.3. The van der Waals surface area contributed by atoms with Crippen molar-refractivity contribution >= 4 is 5.78 Å². The molecule has 0 spiro atoms. The Morgan fingerprint density at radius 3 is 2.86 bits per heavy atom. The van der Waals surface area contributed by atoms with Crippen molar-refractivity contribution in [3.8, 4) is 0 Å². The standard InChI is InChI=1S/C23H33N3O2/c1-3-12-26-14-21(24-25-26)23(28)11-9-20-19-6-4-15-13-16(27)5-7-17(15)18(19)8-10-22(20,23)2/h13-14,17-20,28H,3-12H2,1-2H3/t17-,18?,19?,20?,22-,23+/m0/s1.